The molecule has 2 N–H and O–H groups in total. The number of imidazole rings is 1. The first-order valence-corrected chi connectivity index (χ1v) is 6.97. The van der Waals surface area contributed by atoms with Gasteiger partial charge in [-0.15, -0.1) is 0 Å². The van der Waals surface area contributed by atoms with Gasteiger partial charge >= 0.3 is 15.5 Å². The number of nitrogens with zero attached hydrogens (tertiary/aromatic N) is 1. The summed E-state index contributed by atoms with van der Waals surface area (Å²) in [5.74, 6) is 0.594. The number of halogens is 3. The summed E-state index contributed by atoms with van der Waals surface area (Å²) in [7, 11) is -5.25. The van der Waals surface area contributed by atoms with E-state index in [0.717, 1.165) is 0 Å². The molecule has 0 spiro atoms. The Bertz CT molecular complexity index is 458. The molecule has 0 fully saturated rings. The van der Waals surface area contributed by atoms with E-state index in [4.69, 9.17) is 0 Å². The van der Waals surface area contributed by atoms with Gasteiger partial charge in [0.25, 0.3) is 0 Å². The number of aromatic nitrogens is 2. The van der Waals surface area contributed by atoms with E-state index < -0.39 is 15.5 Å². The van der Waals surface area contributed by atoms with E-state index in [-0.39, 0.29) is 18.2 Å². The highest BCUT2D eigenvalue weighted by molar-refractivity contribution is 7.90. The largest absolute Gasteiger partial charge is 0.511 e. The van der Waals surface area contributed by atoms with E-state index >= 15 is 0 Å². The number of sulfonamides is 1. The van der Waals surface area contributed by atoms with Crippen LogP contribution in [0.1, 0.15) is 23.9 Å². The summed E-state index contributed by atoms with van der Waals surface area (Å²) in [6, 6.07) is 0. The van der Waals surface area contributed by atoms with Crippen molar-refractivity contribution in [2.45, 2.75) is 23.6 Å². The summed E-state index contributed by atoms with van der Waals surface area (Å²) in [4.78, 5) is 6.74. The van der Waals surface area contributed by atoms with Gasteiger partial charge in [0.15, 0.2) is 0 Å². The van der Waals surface area contributed by atoms with Crippen LogP contribution in [0.3, 0.4) is 0 Å². The van der Waals surface area contributed by atoms with Gasteiger partial charge in [-0.2, -0.15) is 25.8 Å². The van der Waals surface area contributed by atoms with Crippen LogP contribution in [-0.4, -0.2) is 30.4 Å². The van der Waals surface area contributed by atoms with Crippen LogP contribution < -0.4 is 4.72 Å². The maximum Gasteiger partial charge on any atom is 0.511 e. The fourth-order valence-electron chi connectivity index (χ4n) is 1.18. The normalized spacial score (nSPS) is 14.7. The van der Waals surface area contributed by atoms with Crippen molar-refractivity contribution >= 4 is 22.7 Å². The van der Waals surface area contributed by atoms with Gasteiger partial charge in [-0.1, -0.05) is 0 Å². The topological polar surface area (TPSA) is 74.8 Å². The molecule has 0 aliphatic carbocycles. The van der Waals surface area contributed by atoms with Crippen LogP contribution >= 0.6 is 12.6 Å². The lowest BCUT2D eigenvalue weighted by Gasteiger charge is -2.10. The number of aromatic amines is 1. The van der Waals surface area contributed by atoms with Crippen LogP contribution in [-0.2, 0) is 10.0 Å². The van der Waals surface area contributed by atoms with E-state index in [2.05, 4.69) is 22.6 Å². The predicted molar refractivity (Wildman–Crippen MR) is 62.5 cm³/mol. The molecule has 1 atom stereocenters. The van der Waals surface area contributed by atoms with Crippen LogP contribution in [0.5, 0.6) is 0 Å². The minimum absolute atomic E-state index is 0.226. The van der Waals surface area contributed by atoms with Crippen molar-refractivity contribution in [1.82, 2.24) is 14.7 Å². The highest BCUT2D eigenvalue weighted by atomic mass is 32.2. The molecule has 1 unspecified atom stereocenters. The third-order valence-corrected chi connectivity index (χ3v) is 3.78. The Morgan fingerprint density at radius 2 is 2.17 bits per heavy atom. The molecular weight excluding hydrogens is 291 g/mol. The van der Waals surface area contributed by atoms with Gasteiger partial charge in [-0.25, -0.2) is 18.1 Å². The second-order valence-corrected chi connectivity index (χ2v) is 5.86. The van der Waals surface area contributed by atoms with Gasteiger partial charge in [0, 0.05) is 18.9 Å². The number of thiol groups is 1. The molecule has 5 nitrogen and oxygen atoms in total. The maximum absolute atomic E-state index is 12.0. The fourth-order valence-corrected chi connectivity index (χ4v) is 2.08. The van der Waals surface area contributed by atoms with Gasteiger partial charge in [0.1, 0.15) is 5.82 Å². The zero-order chi connectivity index (χ0) is 13.8. The molecule has 10 heteroatoms. The lowest BCUT2D eigenvalue weighted by Crippen LogP contribution is -2.36. The Hall–Kier alpha value is -0.740. The molecule has 0 amide bonds. The number of alkyl halides is 3. The number of nitrogens with one attached hydrogen (secondary N) is 2. The lowest BCUT2D eigenvalue weighted by atomic mass is 10.2. The molecule has 1 aromatic rings. The summed E-state index contributed by atoms with van der Waals surface area (Å²) in [6.45, 7) is -0.292. The van der Waals surface area contributed by atoms with Crippen molar-refractivity contribution in [2.24, 2.45) is 0 Å². The molecule has 18 heavy (non-hydrogen) atoms. The Morgan fingerprint density at radius 3 is 2.67 bits per heavy atom. The second-order valence-electron chi connectivity index (χ2n) is 3.48. The lowest BCUT2D eigenvalue weighted by molar-refractivity contribution is -0.0447. The molecule has 0 saturated heterocycles. The van der Waals surface area contributed by atoms with Gasteiger partial charge in [-0.05, 0) is 12.8 Å². The zero-order valence-electron chi connectivity index (χ0n) is 9.11. The van der Waals surface area contributed by atoms with Gasteiger partial charge < -0.3 is 4.98 Å². The first kappa shape index (κ1) is 15.3. The highest BCUT2D eigenvalue weighted by Crippen LogP contribution is 2.23. The van der Waals surface area contributed by atoms with Gasteiger partial charge in [0.05, 0.1) is 5.25 Å². The minimum atomic E-state index is -5.27. The SMILES string of the molecule is O=S(=O)(NCCCC(S)c1ncc[nH]1)C(F)(F)F. The van der Waals surface area contributed by atoms with Crippen molar-refractivity contribution in [3.63, 3.8) is 0 Å². The highest BCUT2D eigenvalue weighted by Gasteiger charge is 2.45. The summed E-state index contributed by atoms with van der Waals surface area (Å²) < 4.78 is 58.7. The summed E-state index contributed by atoms with van der Waals surface area (Å²) in [5.41, 5.74) is -5.27. The van der Waals surface area contributed by atoms with Crippen molar-refractivity contribution in [3.8, 4) is 0 Å². The van der Waals surface area contributed by atoms with Gasteiger partial charge in [0.2, 0.25) is 0 Å². The van der Waals surface area contributed by atoms with E-state index in [9.17, 15) is 21.6 Å². The Morgan fingerprint density at radius 1 is 1.50 bits per heavy atom. The third-order valence-electron chi connectivity index (χ3n) is 2.09. The van der Waals surface area contributed by atoms with Crippen LogP contribution in [0.15, 0.2) is 12.4 Å². The van der Waals surface area contributed by atoms with Crippen molar-refractivity contribution in [2.75, 3.05) is 6.54 Å². The molecule has 0 aliphatic heterocycles. The molecule has 0 aliphatic rings. The average molecular weight is 303 g/mol. The summed E-state index contributed by atoms with van der Waals surface area (Å²) in [6.07, 6.45) is 3.76. The number of H-pyrrole nitrogens is 1. The van der Waals surface area contributed by atoms with Gasteiger partial charge in [-0.3, -0.25) is 0 Å². The van der Waals surface area contributed by atoms with Crippen LogP contribution in [0.2, 0.25) is 0 Å². The van der Waals surface area contributed by atoms with E-state index in [1.54, 1.807) is 6.20 Å². The summed E-state index contributed by atoms with van der Waals surface area (Å²) >= 11 is 4.19. The molecule has 0 radical (unpaired) electrons. The Labute approximate surface area is 108 Å². The molecule has 1 rings (SSSR count). The fraction of sp³-hybridized carbons (Fsp3) is 0.625. The average Bonchev–Trinajstić information content (AvgIpc) is 2.75. The van der Waals surface area contributed by atoms with Crippen LogP contribution in [0.4, 0.5) is 13.2 Å². The van der Waals surface area contributed by atoms with E-state index in [1.165, 1.54) is 10.9 Å². The smallest absolute Gasteiger partial charge is 0.348 e. The van der Waals surface area contributed by atoms with Crippen molar-refractivity contribution < 1.29 is 21.6 Å². The molecule has 0 saturated carbocycles. The number of hydrogen-bond acceptors (Lipinski definition) is 4. The Balaban J connectivity index is 2.32. The molecule has 104 valence electrons. The third kappa shape index (κ3) is 4.18. The molecular formula is C8H12F3N3O2S2. The second kappa shape index (κ2) is 5.93. The molecule has 0 aromatic carbocycles. The monoisotopic (exact) mass is 303 g/mol. The minimum Gasteiger partial charge on any atom is -0.348 e. The molecule has 1 aromatic heterocycles. The van der Waals surface area contributed by atoms with Crippen molar-refractivity contribution in [1.29, 1.82) is 0 Å². The number of rotatable bonds is 6. The Kier molecular flexibility index (Phi) is 5.05. The van der Waals surface area contributed by atoms with Crippen LogP contribution in [0, 0.1) is 0 Å². The van der Waals surface area contributed by atoms with Crippen LogP contribution in [0.25, 0.3) is 0 Å². The molecule has 1 heterocycles. The number of hydrogen-bond donors (Lipinski definition) is 3. The quantitative estimate of drug-likeness (QED) is 0.552. The van der Waals surface area contributed by atoms with E-state index in [1.807, 2.05) is 0 Å². The summed E-state index contributed by atoms with van der Waals surface area (Å²) in [5, 5.41) is -0.268. The standard InChI is InChI=1S/C8H12F3N3O2S2/c9-8(10,11)18(15,16)14-3-1-2-6(17)7-12-4-5-13-7/h4-6,14,17H,1-3H2,(H,12,13). The van der Waals surface area contributed by atoms with E-state index in [0.29, 0.717) is 12.2 Å². The maximum atomic E-state index is 12.0. The zero-order valence-corrected chi connectivity index (χ0v) is 10.8. The first-order valence-electron chi connectivity index (χ1n) is 4.97. The van der Waals surface area contributed by atoms with Crippen molar-refractivity contribution in [3.05, 3.63) is 18.2 Å². The predicted octanol–water partition coefficient (Wildman–Crippen LogP) is 1.60. The first-order chi connectivity index (χ1) is 8.24. The molecule has 0 bridgehead atoms.